The highest BCUT2D eigenvalue weighted by Gasteiger charge is 2.22. The molecule has 0 aliphatic carbocycles. The maximum absolute atomic E-state index is 6.50. The zero-order valence-corrected chi connectivity index (χ0v) is 20.5. The zero-order chi connectivity index (χ0) is 24.4. The number of methoxy groups -OCH3 is 3. The number of nitrogens with two attached hydrogens (primary N) is 1. The molecule has 8 nitrogen and oxygen atoms in total. The van der Waals surface area contributed by atoms with Crippen LogP contribution in [0.1, 0.15) is 18.4 Å². The number of nitrogens with one attached hydrogen (secondary N) is 1. The third-order valence-electron chi connectivity index (χ3n) is 6.75. The van der Waals surface area contributed by atoms with E-state index in [2.05, 4.69) is 21.3 Å². The number of furan rings is 1. The zero-order valence-electron chi connectivity index (χ0n) is 20.5. The molecule has 0 saturated carbocycles. The number of benzene rings is 1. The number of hydrogen-bond donors (Lipinski definition) is 2. The van der Waals surface area contributed by atoms with Gasteiger partial charge in [-0.05, 0) is 61.7 Å². The van der Waals surface area contributed by atoms with Gasteiger partial charge >= 0.3 is 0 Å². The van der Waals surface area contributed by atoms with Gasteiger partial charge in [0.25, 0.3) is 0 Å². The second-order valence-electron chi connectivity index (χ2n) is 8.94. The number of allylic oxidation sites excluding steroid dienone is 2. The molecule has 4 heterocycles. The van der Waals surface area contributed by atoms with Crippen molar-refractivity contribution in [3.8, 4) is 28.6 Å². The number of fused-ring (bicyclic) bond motifs is 1. The minimum absolute atomic E-state index is 0.537. The van der Waals surface area contributed by atoms with Crippen molar-refractivity contribution in [2.75, 3.05) is 47.5 Å². The molecule has 2 aliphatic rings. The Morgan fingerprint density at radius 1 is 1.14 bits per heavy atom. The molecule has 5 rings (SSSR count). The summed E-state index contributed by atoms with van der Waals surface area (Å²) >= 11 is 0. The van der Waals surface area contributed by atoms with Gasteiger partial charge < -0.3 is 34.6 Å². The van der Waals surface area contributed by atoms with Crippen molar-refractivity contribution in [1.29, 1.82) is 0 Å². The minimum Gasteiger partial charge on any atom is -0.493 e. The van der Waals surface area contributed by atoms with Crippen molar-refractivity contribution < 1.29 is 18.6 Å². The monoisotopic (exact) mass is 476 g/mol. The molecule has 1 aromatic carbocycles. The molecular formula is C27H32N4O4. The lowest BCUT2D eigenvalue weighted by molar-refractivity contribution is 0.262. The molecule has 3 N–H and O–H groups in total. The van der Waals surface area contributed by atoms with Gasteiger partial charge in [0, 0.05) is 36.5 Å². The first kappa shape index (κ1) is 23.1. The van der Waals surface area contributed by atoms with Gasteiger partial charge in [0.05, 0.1) is 27.2 Å². The summed E-state index contributed by atoms with van der Waals surface area (Å²) in [5, 5.41) is 3.49. The lowest BCUT2D eigenvalue weighted by Crippen LogP contribution is -2.40. The minimum atomic E-state index is 0.537. The van der Waals surface area contributed by atoms with Gasteiger partial charge in [-0.2, -0.15) is 0 Å². The van der Waals surface area contributed by atoms with Crippen molar-refractivity contribution in [2.45, 2.75) is 12.8 Å². The highest BCUT2D eigenvalue weighted by molar-refractivity contribution is 5.93. The van der Waals surface area contributed by atoms with E-state index < -0.39 is 0 Å². The van der Waals surface area contributed by atoms with Crippen LogP contribution in [-0.2, 0) is 0 Å². The van der Waals surface area contributed by atoms with E-state index >= 15 is 0 Å². The van der Waals surface area contributed by atoms with Crippen molar-refractivity contribution >= 4 is 16.7 Å². The van der Waals surface area contributed by atoms with Gasteiger partial charge in [-0.3, -0.25) is 4.98 Å². The summed E-state index contributed by atoms with van der Waals surface area (Å²) in [6.07, 6.45) is 8.52. The molecule has 0 spiro atoms. The Hall–Kier alpha value is -3.65. The maximum atomic E-state index is 6.50. The van der Waals surface area contributed by atoms with E-state index in [9.17, 15) is 0 Å². The van der Waals surface area contributed by atoms with E-state index in [1.165, 1.54) is 12.8 Å². The van der Waals surface area contributed by atoms with Crippen LogP contribution in [0.25, 0.3) is 28.0 Å². The summed E-state index contributed by atoms with van der Waals surface area (Å²) in [6, 6.07) is 7.64. The molecule has 1 fully saturated rings. The molecule has 1 atom stereocenters. The molecule has 1 saturated heterocycles. The molecule has 0 amide bonds. The standard InChI is InChI=1S/C27H32N4O4/c1-32-23-11-19(12-24(33-2)27(23)34-3)22-14-21-26(35-22)20(6-9-30-21)18-7-10-31(25(28)13-18)16-17-5-4-8-29-15-17/h6-7,9,11-14,17,29H,4-5,8,10,15-16,28H2,1-3H3/t17-/m1/s1. The van der Waals surface area contributed by atoms with Gasteiger partial charge in [0.1, 0.15) is 11.3 Å². The largest absolute Gasteiger partial charge is 0.493 e. The Morgan fingerprint density at radius 3 is 2.60 bits per heavy atom. The van der Waals surface area contributed by atoms with Crippen LogP contribution < -0.4 is 25.3 Å². The third-order valence-corrected chi connectivity index (χ3v) is 6.75. The van der Waals surface area contributed by atoms with Crippen molar-refractivity contribution in [2.24, 2.45) is 11.7 Å². The van der Waals surface area contributed by atoms with E-state index in [4.69, 9.17) is 24.4 Å². The fraction of sp³-hybridized carbons (Fsp3) is 0.370. The SMILES string of the molecule is COc1cc(-c2cc3nccc(C4=CCN(C[C@@H]5CCCNC5)C(N)=C4)c3o2)cc(OC)c1OC. The maximum Gasteiger partial charge on any atom is 0.203 e. The molecule has 2 aliphatic heterocycles. The van der Waals surface area contributed by atoms with Gasteiger partial charge in [0.2, 0.25) is 5.75 Å². The topological polar surface area (TPSA) is 95.0 Å². The molecule has 0 unspecified atom stereocenters. The molecule has 0 radical (unpaired) electrons. The average molecular weight is 477 g/mol. The predicted molar refractivity (Wildman–Crippen MR) is 137 cm³/mol. The smallest absolute Gasteiger partial charge is 0.203 e. The number of piperidine rings is 1. The van der Waals surface area contributed by atoms with Crippen LogP contribution >= 0.6 is 0 Å². The molecule has 3 aromatic rings. The van der Waals surface area contributed by atoms with Gasteiger partial charge in [-0.25, -0.2) is 0 Å². The fourth-order valence-corrected chi connectivity index (χ4v) is 4.91. The number of aromatic nitrogens is 1. The lowest BCUT2D eigenvalue weighted by atomic mass is 9.97. The molecular weight excluding hydrogens is 444 g/mol. The number of nitrogens with zero attached hydrogens (tertiary/aromatic N) is 2. The van der Waals surface area contributed by atoms with Gasteiger partial charge in [-0.1, -0.05) is 6.08 Å². The Bertz CT molecular complexity index is 1250. The first-order valence-corrected chi connectivity index (χ1v) is 11.9. The van der Waals surface area contributed by atoms with Crippen LogP contribution in [0.2, 0.25) is 0 Å². The number of ether oxygens (including phenoxy) is 3. The Kier molecular flexibility index (Phi) is 6.55. The Labute approximate surface area is 205 Å². The van der Waals surface area contributed by atoms with Gasteiger partial charge in [-0.15, -0.1) is 0 Å². The summed E-state index contributed by atoms with van der Waals surface area (Å²) in [4.78, 5) is 6.79. The van der Waals surface area contributed by atoms with Crippen LogP contribution in [0.5, 0.6) is 17.2 Å². The summed E-state index contributed by atoms with van der Waals surface area (Å²) in [5.41, 5.74) is 10.8. The first-order chi connectivity index (χ1) is 17.1. The Morgan fingerprint density at radius 2 is 1.94 bits per heavy atom. The molecule has 184 valence electrons. The number of rotatable bonds is 7. The van der Waals surface area contributed by atoms with E-state index in [1.54, 1.807) is 27.5 Å². The molecule has 35 heavy (non-hydrogen) atoms. The van der Waals surface area contributed by atoms with E-state index in [0.29, 0.717) is 28.9 Å². The summed E-state index contributed by atoms with van der Waals surface area (Å²) in [5.74, 6) is 3.75. The van der Waals surface area contributed by atoms with Crippen LogP contribution in [-0.4, -0.2) is 57.4 Å². The van der Waals surface area contributed by atoms with Crippen LogP contribution in [0, 0.1) is 5.92 Å². The first-order valence-electron chi connectivity index (χ1n) is 11.9. The van der Waals surface area contributed by atoms with E-state index in [1.807, 2.05) is 30.3 Å². The second kappa shape index (κ2) is 9.92. The van der Waals surface area contributed by atoms with E-state index in [0.717, 1.165) is 59.8 Å². The highest BCUT2D eigenvalue weighted by atomic mass is 16.5. The van der Waals surface area contributed by atoms with Gasteiger partial charge in [0.15, 0.2) is 17.1 Å². The van der Waals surface area contributed by atoms with Crippen molar-refractivity contribution in [3.63, 3.8) is 0 Å². The van der Waals surface area contributed by atoms with Crippen molar-refractivity contribution in [1.82, 2.24) is 15.2 Å². The summed E-state index contributed by atoms with van der Waals surface area (Å²) in [6.45, 7) is 3.92. The number of hydrogen-bond acceptors (Lipinski definition) is 8. The van der Waals surface area contributed by atoms with Crippen LogP contribution in [0.15, 0.2) is 52.9 Å². The van der Waals surface area contributed by atoms with E-state index in [-0.39, 0.29) is 0 Å². The summed E-state index contributed by atoms with van der Waals surface area (Å²) < 4.78 is 22.8. The second-order valence-corrected chi connectivity index (χ2v) is 8.94. The predicted octanol–water partition coefficient (Wildman–Crippen LogP) is 4.02. The van der Waals surface area contributed by atoms with Crippen molar-refractivity contribution in [3.05, 3.63) is 54.0 Å². The quantitative estimate of drug-likeness (QED) is 0.528. The third kappa shape index (κ3) is 4.53. The van der Waals surface area contributed by atoms with Crippen LogP contribution in [0.4, 0.5) is 0 Å². The highest BCUT2D eigenvalue weighted by Crippen LogP contribution is 2.42. The van der Waals surface area contributed by atoms with Crippen LogP contribution in [0.3, 0.4) is 0 Å². The molecule has 0 bridgehead atoms. The Balaban J connectivity index is 1.45. The lowest BCUT2D eigenvalue weighted by Gasteiger charge is -2.33. The molecule has 2 aromatic heterocycles. The fourth-order valence-electron chi connectivity index (χ4n) is 4.91. The summed E-state index contributed by atoms with van der Waals surface area (Å²) in [7, 11) is 4.78. The number of pyridine rings is 1. The average Bonchev–Trinajstić information content (AvgIpc) is 3.34. The normalized spacial score (nSPS) is 18.3. The molecule has 8 heteroatoms.